The number of carbonyl (C=O) groups excluding carboxylic acids is 1. The van der Waals surface area contributed by atoms with E-state index in [9.17, 15) is 4.79 Å². The molecule has 0 spiro atoms. The second kappa shape index (κ2) is 6.73. The van der Waals surface area contributed by atoms with Gasteiger partial charge in [0.15, 0.2) is 11.5 Å². The molecule has 2 rings (SSSR count). The summed E-state index contributed by atoms with van der Waals surface area (Å²) in [5.41, 5.74) is 0.797. The summed E-state index contributed by atoms with van der Waals surface area (Å²) < 4.78 is 15.2. The molecule has 0 aliphatic carbocycles. The molecule has 1 aliphatic rings. The van der Waals surface area contributed by atoms with Crippen LogP contribution in [0.25, 0.3) is 0 Å². The summed E-state index contributed by atoms with van der Waals surface area (Å²) in [6.07, 6.45) is 0.234. The van der Waals surface area contributed by atoms with Gasteiger partial charge in [0, 0.05) is 6.42 Å². The van der Waals surface area contributed by atoms with Gasteiger partial charge in [0.2, 0.25) is 0 Å². The first-order chi connectivity index (χ1) is 8.67. The molecular weight excluding hydrogens is 293 g/mol. The molecule has 106 valence electrons. The quantitative estimate of drug-likeness (QED) is 0.933. The number of cyclic esters (lactones) is 1. The Morgan fingerprint density at radius 3 is 2.68 bits per heavy atom. The molecule has 1 fully saturated rings. The molecule has 1 atom stereocenters. The zero-order chi connectivity index (χ0) is 13.1. The van der Waals surface area contributed by atoms with E-state index < -0.39 is 6.09 Å². The molecular formula is C12H15Cl2NO4. The highest BCUT2D eigenvalue weighted by atomic mass is 35.5. The lowest BCUT2D eigenvalue weighted by Crippen LogP contribution is -2.35. The lowest BCUT2D eigenvalue weighted by atomic mass is 10.0. The predicted molar refractivity (Wildman–Crippen MR) is 73.6 cm³/mol. The van der Waals surface area contributed by atoms with Gasteiger partial charge in [-0.3, -0.25) is 0 Å². The number of benzene rings is 1. The normalized spacial score (nSPS) is 17.8. The van der Waals surface area contributed by atoms with Crippen LogP contribution in [0, 0.1) is 0 Å². The van der Waals surface area contributed by atoms with Gasteiger partial charge in [-0.15, -0.1) is 12.4 Å². The number of amides is 1. The van der Waals surface area contributed by atoms with Crippen LogP contribution in [-0.4, -0.2) is 26.9 Å². The summed E-state index contributed by atoms with van der Waals surface area (Å²) in [7, 11) is 3.07. The zero-order valence-electron chi connectivity index (χ0n) is 10.6. The van der Waals surface area contributed by atoms with E-state index in [2.05, 4.69) is 5.32 Å². The van der Waals surface area contributed by atoms with Gasteiger partial charge < -0.3 is 19.5 Å². The Morgan fingerprint density at radius 1 is 1.37 bits per heavy atom. The van der Waals surface area contributed by atoms with E-state index in [0.29, 0.717) is 29.5 Å². The molecule has 1 aromatic rings. The van der Waals surface area contributed by atoms with Crippen LogP contribution in [-0.2, 0) is 4.74 Å². The second-order valence-corrected chi connectivity index (χ2v) is 4.20. The Labute approximate surface area is 122 Å². The van der Waals surface area contributed by atoms with Gasteiger partial charge in [0.25, 0.3) is 0 Å². The molecule has 0 saturated carbocycles. The van der Waals surface area contributed by atoms with E-state index in [1.807, 2.05) is 6.07 Å². The van der Waals surface area contributed by atoms with Crippen LogP contribution >= 0.6 is 24.0 Å². The molecule has 0 bridgehead atoms. The standard InChI is InChI=1S/C12H14ClNO4.ClH/c1-16-9-4-3-7(10(13)11(9)17-2)8-5-6-18-12(15)14-8;/h3-4,8H,5-6H2,1-2H3,(H,14,15);1H/t8-;/m0./s1. The number of alkyl carbamates (subject to hydrolysis) is 1. The van der Waals surface area contributed by atoms with Gasteiger partial charge >= 0.3 is 6.09 Å². The summed E-state index contributed by atoms with van der Waals surface area (Å²) >= 11 is 6.28. The number of carbonyl (C=O) groups is 1. The van der Waals surface area contributed by atoms with Crippen LogP contribution in [0.15, 0.2) is 12.1 Å². The average Bonchev–Trinajstić information content (AvgIpc) is 2.38. The molecule has 5 nitrogen and oxygen atoms in total. The predicted octanol–water partition coefficient (Wildman–Crippen LogP) is 2.95. The first kappa shape index (κ1) is 15.7. The maximum absolute atomic E-state index is 11.2. The van der Waals surface area contributed by atoms with E-state index in [1.54, 1.807) is 13.2 Å². The van der Waals surface area contributed by atoms with Crippen LogP contribution in [0.1, 0.15) is 18.0 Å². The maximum Gasteiger partial charge on any atom is 0.407 e. The van der Waals surface area contributed by atoms with Crippen LogP contribution in [0.4, 0.5) is 4.79 Å². The third kappa shape index (κ3) is 3.16. The monoisotopic (exact) mass is 307 g/mol. The lowest BCUT2D eigenvalue weighted by molar-refractivity contribution is 0.115. The Hall–Kier alpha value is -1.33. The number of methoxy groups -OCH3 is 2. The fourth-order valence-corrected chi connectivity index (χ4v) is 2.30. The Kier molecular flexibility index (Phi) is 5.57. The largest absolute Gasteiger partial charge is 0.493 e. The third-order valence-corrected chi connectivity index (χ3v) is 3.21. The van der Waals surface area contributed by atoms with Crippen molar-refractivity contribution < 1.29 is 19.0 Å². The summed E-state index contributed by atoms with van der Waals surface area (Å²) in [4.78, 5) is 11.2. The molecule has 19 heavy (non-hydrogen) atoms. The van der Waals surface area contributed by atoms with Crippen molar-refractivity contribution >= 4 is 30.1 Å². The summed E-state index contributed by atoms with van der Waals surface area (Å²) in [5, 5.41) is 3.17. The van der Waals surface area contributed by atoms with Gasteiger partial charge in [0.05, 0.1) is 31.9 Å². The van der Waals surface area contributed by atoms with Crippen LogP contribution < -0.4 is 14.8 Å². The van der Waals surface area contributed by atoms with E-state index in [1.165, 1.54) is 7.11 Å². The number of halogens is 2. The highest BCUT2D eigenvalue weighted by Crippen LogP contribution is 2.40. The van der Waals surface area contributed by atoms with Gasteiger partial charge in [-0.2, -0.15) is 0 Å². The minimum atomic E-state index is -0.433. The van der Waals surface area contributed by atoms with Crippen molar-refractivity contribution in [1.82, 2.24) is 5.32 Å². The SMILES string of the molecule is COc1ccc([C@@H]2CCOC(=O)N2)c(Cl)c1OC.Cl. The lowest BCUT2D eigenvalue weighted by Gasteiger charge is -2.25. The average molecular weight is 308 g/mol. The topological polar surface area (TPSA) is 56.8 Å². The number of nitrogens with one attached hydrogen (secondary N) is 1. The first-order valence-electron chi connectivity index (χ1n) is 5.51. The zero-order valence-corrected chi connectivity index (χ0v) is 12.1. The Bertz CT molecular complexity index is 467. The molecule has 1 heterocycles. The van der Waals surface area contributed by atoms with Crippen molar-refractivity contribution in [3.8, 4) is 11.5 Å². The summed E-state index contributed by atoms with van der Waals surface area (Å²) in [5.74, 6) is 1.03. The molecule has 1 amide bonds. The molecule has 1 aliphatic heterocycles. The van der Waals surface area contributed by atoms with E-state index in [-0.39, 0.29) is 18.4 Å². The fraction of sp³-hybridized carbons (Fsp3) is 0.417. The molecule has 0 radical (unpaired) electrons. The Balaban J connectivity index is 0.00000180. The molecule has 7 heteroatoms. The van der Waals surface area contributed by atoms with Crippen LogP contribution in [0.3, 0.4) is 0 Å². The summed E-state index contributed by atoms with van der Waals surface area (Å²) in [6, 6.07) is 3.42. The molecule has 1 aromatic carbocycles. The van der Waals surface area contributed by atoms with E-state index in [4.69, 9.17) is 25.8 Å². The first-order valence-corrected chi connectivity index (χ1v) is 5.88. The third-order valence-electron chi connectivity index (χ3n) is 2.82. The van der Waals surface area contributed by atoms with Crippen molar-refractivity contribution in [1.29, 1.82) is 0 Å². The number of rotatable bonds is 3. The van der Waals surface area contributed by atoms with Gasteiger partial charge in [0.1, 0.15) is 0 Å². The van der Waals surface area contributed by atoms with Gasteiger partial charge in [-0.25, -0.2) is 4.79 Å². The van der Waals surface area contributed by atoms with Gasteiger partial charge in [-0.05, 0) is 11.6 Å². The van der Waals surface area contributed by atoms with Crippen molar-refractivity contribution in [2.24, 2.45) is 0 Å². The fourth-order valence-electron chi connectivity index (χ4n) is 1.93. The number of ether oxygens (including phenoxy) is 3. The molecule has 1 N–H and O–H groups in total. The molecule has 0 unspecified atom stereocenters. The highest BCUT2D eigenvalue weighted by Gasteiger charge is 2.25. The van der Waals surface area contributed by atoms with Crippen molar-refractivity contribution in [2.75, 3.05) is 20.8 Å². The minimum absolute atomic E-state index is 0. The van der Waals surface area contributed by atoms with Crippen molar-refractivity contribution in [2.45, 2.75) is 12.5 Å². The van der Waals surface area contributed by atoms with Crippen LogP contribution in [0.2, 0.25) is 5.02 Å². The van der Waals surface area contributed by atoms with E-state index in [0.717, 1.165) is 5.56 Å². The smallest absolute Gasteiger partial charge is 0.407 e. The molecule has 0 aromatic heterocycles. The Morgan fingerprint density at radius 2 is 2.11 bits per heavy atom. The second-order valence-electron chi connectivity index (χ2n) is 3.83. The number of hydrogen-bond donors (Lipinski definition) is 1. The van der Waals surface area contributed by atoms with Crippen molar-refractivity contribution in [3.63, 3.8) is 0 Å². The number of hydrogen-bond acceptors (Lipinski definition) is 4. The van der Waals surface area contributed by atoms with Crippen molar-refractivity contribution in [3.05, 3.63) is 22.7 Å². The minimum Gasteiger partial charge on any atom is -0.493 e. The molecule has 1 saturated heterocycles. The van der Waals surface area contributed by atoms with Crippen LogP contribution in [0.5, 0.6) is 11.5 Å². The maximum atomic E-state index is 11.2. The van der Waals surface area contributed by atoms with E-state index >= 15 is 0 Å². The highest BCUT2D eigenvalue weighted by molar-refractivity contribution is 6.33. The van der Waals surface area contributed by atoms with Gasteiger partial charge in [-0.1, -0.05) is 17.7 Å². The summed E-state index contributed by atoms with van der Waals surface area (Å²) in [6.45, 7) is 0.376.